The van der Waals surface area contributed by atoms with Crippen molar-refractivity contribution in [3.8, 4) is 11.5 Å². The van der Waals surface area contributed by atoms with Gasteiger partial charge in [0.05, 0.1) is 26.2 Å². The van der Waals surface area contributed by atoms with E-state index in [2.05, 4.69) is 5.32 Å². The van der Waals surface area contributed by atoms with Crippen LogP contribution in [0.1, 0.15) is 29.6 Å². The molecule has 0 fully saturated rings. The summed E-state index contributed by atoms with van der Waals surface area (Å²) in [7, 11) is 1.52. The van der Waals surface area contributed by atoms with Crippen LogP contribution in [0.5, 0.6) is 11.5 Å². The van der Waals surface area contributed by atoms with E-state index in [1.54, 1.807) is 18.2 Å². The molecule has 1 aliphatic heterocycles. The molecular weight excluding hydrogens is 342 g/mol. The van der Waals surface area contributed by atoms with Gasteiger partial charge in [0.2, 0.25) is 0 Å². The fourth-order valence-corrected chi connectivity index (χ4v) is 2.26. The molecule has 1 aromatic rings. The number of fused-ring (bicyclic) bond motifs is 1. The lowest BCUT2D eigenvalue weighted by molar-refractivity contribution is -0.148. The Balaban J connectivity index is 1.75. The summed E-state index contributed by atoms with van der Waals surface area (Å²) in [6.07, 6.45) is 0.672. The Morgan fingerprint density at radius 3 is 2.65 bits per heavy atom. The average molecular weight is 365 g/mol. The molecule has 0 aromatic heterocycles. The fourth-order valence-electron chi connectivity index (χ4n) is 2.26. The highest BCUT2D eigenvalue weighted by Crippen LogP contribution is 2.30. The van der Waals surface area contributed by atoms with Crippen LogP contribution >= 0.6 is 0 Å². The van der Waals surface area contributed by atoms with E-state index in [9.17, 15) is 14.4 Å². The zero-order valence-electron chi connectivity index (χ0n) is 14.7. The Kier molecular flexibility index (Phi) is 7.88. The van der Waals surface area contributed by atoms with Crippen molar-refractivity contribution in [2.45, 2.75) is 19.3 Å². The van der Waals surface area contributed by atoms with Crippen LogP contribution in [-0.2, 0) is 19.1 Å². The van der Waals surface area contributed by atoms with Gasteiger partial charge in [-0.25, -0.2) is 0 Å². The molecule has 1 aliphatic rings. The molecule has 1 aromatic carbocycles. The maximum absolute atomic E-state index is 12.2. The third-order valence-corrected chi connectivity index (χ3v) is 3.62. The third-order valence-electron chi connectivity index (χ3n) is 3.62. The summed E-state index contributed by atoms with van der Waals surface area (Å²) < 4.78 is 20.7. The lowest BCUT2D eigenvalue weighted by Gasteiger charge is -2.09. The summed E-state index contributed by atoms with van der Waals surface area (Å²) in [5, 5.41) is 2.53. The van der Waals surface area contributed by atoms with Crippen molar-refractivity contribution in [1.82, 2.24) is 5.32 Å². The van der Waals surface area contributed by atoms with Gasteiger partial charge in [-0.2, -0.15) is 0 Å². The van der Waals surface area contributed by atoms with Gasteiger partial charge in [0.25, 0.3) is 5.91 Å². The van der Waals surface area contributed by atoms with Crippen molar-refractivity contribution < 1.29 is 33.3 Å². The number of hydrogen-bond acceptors (Lipinski definition) is 7. The quantitative estimate of drug-likeness (QED) is 0.397. The van der Waals surface area contributed by atoms with E-state index in [1.165, 1.54) is 7.11 Å². The minimum atomic E-state index is -0.602. The van der Waals surface area contributed by atoms with E-state index in [0.717, 1.165) is 6.42 Å². The number of hydrogen-bond donors (Lipinski definition) is 1. The van der Waals surface area contributed by atoms with Crippen LogP contribution in [0, 0.1) is 0 Å². The van der Waals surface area contributed by atoms with Gasteiger partial charge >= 0.3 is 5.97 Å². The van der Waals surface area contributed by atoms with E-state index in [1.807, 2.05) is 0 Å². The first-order valence-corrected chi connectivity index (χ1v) is 8.44. The zero-order valence-corrected chi connectivity index (χ0v) is 14.7. The first-order valence-electron chi connectivity index (χ1n) is 8.44. The van der Waals surface area contributed by atoms with Gasteiger partial charge in [0.15, 0.2) is 23.9 Å². The van der Waals surface area contributed by atoms with E-state index in [4.69, 9.17) is 18.9 Å². The summed E-state index contributed by atoms with van der Waals surface area (Å²) in [5.74, 6) is -0.0806. The summed E-state index contributed by atoms with van der Waals surface area (Å²) >= 11 is 0. The second kappa shape index (κ2) is 10.4. The van der Waals surface area contributed by atoms with Gasteiger partial charge in [-0.1, -0.05) is 0 Å². The lowest BCUT2D eigenvalue weighted by atomic mass is 10.1. The van der Waals surface area contributed by atoms with Gasteiger partial charge in [0, 0.05) is 32.1 Å². The molecule has 0 radical (unpaired) electrons. The van der Waals surface area contributed by atoms with Crippen LogP contribution in [0.2, 0.25) is 0 Å². The van der Waals surface area contributed by atoms with Gasteiger partial charge in [-0.3, -0.25) is 14.4 Å². The Bertz CT molecular complexity index is 644. The minimum Gasteiger partial charge on any atom is -0.490 e. The molecule has 2 rings (SSSR count). The minimum absolute atomic E-state index is 0.0101. The molecule has 1 heterocycles. The number of esters is 1. The molecule has 1 amide bonds. The first kappa shape index (κ1) is 19.7. The molecule has 26 heavy (non-hydrogen) atoms. The normalized spacial score (nSPS) is 12.8. The third kappa shape index (κ3) is 6.36. The number of ether oxygens (including phenoxy) is 4. The van der Waals surface area contributed by atoms with Crippen molar-refractivity contribution >= 4 is 17.7 Å². The van der Waals surface area contributed by atoms with Gasteiger partial charge in [0.1, 0.15) is 0 Å². The Morgan fingerprint density at radius 1 is 1.12 bits per heavy atom. The Morgan fingerprint density at radius 2 is 1.88 bits per heavy atom. The van der Waals surface area contributed by atoms with Crippen LogP contribution in [0.15, 0.2) is 18.2 Å². The zero-order chi connectivity index (χ0) is 18.8. The summed E-state index contributed by atoms with van der Waals surface area (Å²) in [4.78, 5) is 35.3. The molecule has 0 saturated carbocycles. The van der Waals surface area contributed by atoms with Crippen molar-refractivity contribution in [3.63, 3.8) is 0 Å². The molecule has 0 bridgehead atoms. The maximum Gasteiger partial charge on any atom is 0.306 e. The number of rotatable bonds is 9. The van der Waals surface area contributed by atoms with Gasteiger partial charge < -0.3 is 24.3 Å². The molecule has 1 N–H and O–H groups in total. The molecule has 0 unspecified atom stereocenters. The number of carbonyl (C=O) groups is 3. The second-order valence-electron chi connectivity index (χ2n) is 5.64. The smallest absolute Gasteiger partial charge is 0.306 e. The lowest BCUT2D eigenvalue weighted by Crippen LogP contribution is -2.31. The predicted molar refractivity (Wildman–Crippen MR) is 91.5 cm³/mol. The van der Waals surface area contributed by atoms with Crippen molar-refractivity contribution in [3.05, 3.63) is 23.8 Å². The predicted octanol–water partition coefficient (Wildman–Crippen LogP) is 1.12. The number of nitrogens with one attached hydrogen (secondary N) is 1. The number of amides is 1. The van der Waals surface area contributed by atoms with Crippen molar-refractivity contribution in [1.29, 1.82) is 0 Å². The van der Waals surface area contributed by atoms with Crippen LogP contribution < -0.4 is 14.8 Å². The Hall–Kier alpha value is -2.61. The van der Waals surface area contributed by atoms with Crippen LogP contribution in [-0.4, -0.2) is 57.7 Å². The fraction of sp³-hybridized carbons (Fsp3) is 0.500. The van der Waals surface area contributed by atoms with E-state index in [0.29, 0.717) is 43.4 Å². The van der Waals surface area contributed by atoms with Crippen LogP contribution in [0.4, 0.5) is 0 Å². The summed E-state index contributed by atoms with van der Waals surface area (Å²) in [6, 6.07) is 4.96. The number of benzene rings is 1. The number of ketones is 1. The molecule has 0 aliphatic carbocycles. The SMILES string of the molecule is COCCNC(=O)COC(=O)CCC(=O)c1ccc2c(c1)OCCCO2. The topological polar surface area (TPSA) is 100 Å². The average Bonchev–Trinajstić information content (AvgIpc) is 2.89. The molecular formula is C18H23NO7. The highest BCUT2D eigenvalue weighted by atomic mass is 16.5. The summed E-state index contributed by atoms with van der Waals surface area (Å²) in [5.41, 5.74) is 0.444. The maximum atomic E-state index is 12.2. The molecule has 0 saturated heterocycles. The molecule has 142 valence electrons. The number of carbonyl (C=O) groups excluding carboxylic acids is 3. The Labute approximate surface area is 151 Å². The molecule has 0 atom stereocenters. The first-order chi connectivity index (χ1) is 12.6. The highest BCUT2D eigenvalue weighted by molar-refractivity contribution is 5.98. The second-order valence-corrected chi connectivity index (χ2v) is 5.64. The number of Topliss-reactive ketones (excluding diaryl/α,β-unsaturated/α-hetero) is 1. The standard InChI is InChI=1S/C18H23NO7/c1-23-10-7-19-17(21)12-26-18(22)6-4-14(20)13-3-5-15-16(11-13)25-9-2-8-24-15/h3,5,11H,2,4,6-10,12H2,1H3,(H,19,21). The van der Waals surface area contributed by atoms with Crippen LogP contribution in [0.3, 0.4) is 0 Å². The van der Waals surface area contributed by atoms with Gasteiger partial charge in [-0.05, 0) is 18.2 Å². The molecule has 8 heteroatoms. The summed E-state index contributed by atoms with van der Waals surface area (Å²) in [6.45, 7) is 1.45. The highest BCUT2D eigenvalue weighted by Gasteiger charge is 2.16. The largest absolute Gasteiger partial charge is 0.490 e. The monoisotopic (exact) mass is 365 g/mol. The van der Waals surface area contributed by atoms with E-state index >= 15 is 0 Å². The number of methoxy groups -OCH3 is 1. The van der Waals surface area contributed by atoms with Gasteiger partial charge in [-0.15, -0.1) is 0 Å². The van der Waals surface area contributed by atoms with Crippen molar-refractivity contribution in [2.75, 3.05) is 40.1 Å². The van der Waals surface area contributed by atoms with Crippen molar-refractivity contribution in [2.24, 2.45) is 0 Å². The molecule has 8 nitrogen and oxygen atoms in total. The van der Waals surface area contributed by atoms with E-state index in [-0.39, 0.29) is 25.2 Å². The molecule has 0 spiro atoms. The van der Waals surface area contributed by atoms with E-state index < -0.39 is 11.9 Å². The van der Waals surface area contributed by atoms with Crippen LogP contribution in [0.25, 0.3) is 0 Å².